The lowest BCUT2D eigenvalue weighted by Gasteiger charge is -2.63. The van der Waals surface area contributed by atoms with Crippen molar-refractivity contribution >= 4 is 5.97 Å². The molecule has 0 aromatic rings. The van der Waals surface area contributed by atoms with Gasteiger partial charge in [-0.15, -0.1) is 0 Å². The van der Waals surface area contributed by atoms with Crippen molar-refractivity contribution in [2.45, 2.75) is 111 Å². The molecule has 5 aliphatic rings. The maximum Gasteiger partial charge on any atom is 0.333 e. The summed E-state index contributed by atoms with van der Waals surface area (Å²) in [5, 5.41) is 29.4. The zero-order valence-corrected chi connectivity index (χ0v) is 22.2. The van der Waals surface area contributed by atoms with Crippen molar-refractivity contribution in [3.05, 3.63) is 11.6 Å². The van der Waals surface area contributed by atoms with E-state index in [0.29, 0.717) is 39.4 Å². The molecule has 4 heteroatoms. The number of carboxylic acids is 1. The third-order valence-corrected chi connectivity index (χ3v) is 13.3. The second kappa shape index (κ2) is 7.81. The van der Waals surface area contributed by atoms with E-state index in [4.69, 9.17) is 0 Å². The highest BCUT2D eigenvalue weighted by Crippen LogP contribution is 2.89. The SMILES string of the molecule is C[C@H](CCC=C(CO)C(=O)O)[C@H]1CC[C@@]2(C)[C@@H]3CC[C@H]4C(C)(C)[C@H](O)CC[C@@]45C[C@@]35CC[C@]12C. The van der Waals surface area contributed by atoms with E-state index in [1.165, 1.54) is 51.4 Å². The molecule has 9 atom stereocenters. The van der Waals surface area contributed by atoms with Crippen LogP contribution in [-0.2, 0) is 4.79 Å². The first kappa shape index (κ1) is 24.8. The molecule has 0 saturated heterocycles. The van der Waals surface area contributed by atoms with Gasteiger partial charge in [-0.1, -0.05) is 40.7 Å². The van der Waals surface area contributed by atoms with Gasteiger partial charge in [-0.3, -0.25) is 0 Å². The summed E-state index contributed by atoms with van der Waals surface area (Å²) < 4.78 is 0. The van der Waals surface area contributed by atoms with Crippen LogP contribution >= 0.6 is 0 Å². The van der Waals surface area contributed by atoms with Crippen LogP contribution in [0.25, 0.3) is 0 Å². The van der Waals surface area contributed by atoms with Crippen LogP contribution in [0.3, 0.4) is 0 Å². The van der Waals surface area contributed by atoms with Crippen molar-refractivity contribution in [1.82, 2.24) is 0 Å². The minimum absolute atomic E-state index is 0.0536. The molecular weight excluding hydrogens is 424 g/mol. The molecule has 0 unspecified atom stereocenters. The van der Waals surface area contributed by atoms with Crippen molar-refractivity contribution in [2.24, 2.45) is 50.7 Å². The third kappa shape index (κ3) is 3.00. The summed E-state index contributed by atoms with van der Waals surface area (Å²) in [6, 6.07) is 0. The first-order valence-corrected chi connectivity index (χ1v) is 14.1. The highest BCUT2D eigenvalue weighted by atomic mass is 16.4. The summed E-state index contributed by atoms with van der Waals surface area (Å²) in [5.74, 6) is 1.78. The fraction of sp³-hybridized carbons (Fsp3) is 0.900. The molecule has 5 fully saturated rings. The van der Waals surface area contributed by atoms with Crippen LogP contribution in [0, 0.1) is 50.7 Å². The van der Waals surface area contributed by atoms with Gasteiger partial charge in [-0.05, 0) is 121 Å². The fourth-order valence-electron chi connectivity index (χ4n) is 11.2. The highest BCUT2D eigenvalue weighted by molar-refractivity contribution is 5.86. The molecule has 2 spiro atoms. The van der Waals surface area contributed by atoms with E-state index in [-0.39, 0.29) is 23.7 Å². The number of rotatable bonds is 6. The molecule has 5 rings (SSSR count). The average molecular weight is 473 g/mol. The van der Waals surface area contributed by atoms with Gasteiger partial charge in [-0.2, -0.15) is 0 Å². The molecule has 0 aromatic carbocycles. The van der Waals surface area contributed by atoms with E-state index in [9.17, 15) is 20.1 Å². The minimum atomic E-state index is -1.000. The van der Waals surface area contributed by atoms with Crippen LogP contribution in [0.15, 0.2) is 11.6 Å². The van der Waals surface area contributed by atoms with Gasteiger partial charge in [0.2, 0.25) is 0 Å². The first-order chi connectivity index (χ1) is 15.9. The number of aliphatic hydroxyl groups is 2. The molecule has 5 saturated carbocycles. The number of fused-ring (bicyclic) bond motifs is 2. The fourth-order valence-corrected chi connectivity index (χ4v) is 11.2. The quantitative estimate of drug-likeness (QED) is 0.402. The number of aliphatic hydroxyl groups excluding tert-OH is 2. The molecule has 4 nitrogen and oxygen atoms in total. The first-order valence-electron chi connectivity index (χ1n) is 14.1. The van der Waals surface area contributed by atoms with E-state index in [2.05, 4.69) is 34.6 Å². The van der Waals surface area contributed by atoms with Gasteiger partial charge >= 0.3 is 5.97 Å². The van der Waals surface area contributed by atoms with Crippen molar-refractivity contribution < 1.29 is 20.1 Å². The number of hydrogen-bond donors (Lipinski definition) is 3. The molecule has 0 aromatic heterocycles. The van der Waals surface area contributed by atoms with E-state index < -0.39 is 5.97 Å². The Kier molecular flexibility index (Phi) is 5.70. The Morgan fingerprint density at radius 3 is 2.29 bits per heavy atom. The van der Waals surface area contributed by atoms with Gasteiger partial charge in [-0.25, -0.2) is 4.79 Å². The van der Waals surface area contributed by atoms with Crippen LogP contribution in [0.5, 0.6) is 0 Å². The second-order valence-corrected chi connectivity index (χ2v) is 14.3. The van der Waals surface area contributed by atoms with Crippen molar-refractivity contribution in [3.63, 3.8) is 0 Å². The van der Waals surface area contributed by atoms with Gasteiger partial charge in [0.25, 0.3) is 0 Å². The number of aliphatic carboxylic acids is 1. The Balaban J connectivity index is 1.35. The van der Waals surface area contributed by atoms with Gasteiger partial charge in [0.1, 0.15) is 0 Å². The standard InChI is InChI=1S/C30H48O4/c1-19(7-6-8-20(17-31)25(33)34)21-11-13-28(5)23-10-9-22-26(2,3)24(32)12-14-29(22)18-30(23,29)16-15-27(21,28)4/h8,19,21-24,31-32H,6-7,9-18H2,1-5H3,(H,33,34)/t19-,21-,22+,23+,24-,27-,28+,29-,30+/m1/s1. The zero-order valence-electron chi connectivity index (χ0n) is 22.2. The highest BCUT2D eigenvalue weighted by Gasteiger charge is 2.82. The maximum absolute atomic E-state index is 11.2. The summed E-state index contributed by atoms with van der Waals surface area (Å²) >= 11 is 0. The molecular formula is C30H48O4. The third-order valence-electron chi connectivity index (χ3n) is 13.3. The van der Waals surface area contributed by atoms with Gasteiger partial charge in [0, 0.05) is 0 Å². The molecule has 0 aliphatic heterocycles. The van der Waals surface area contributed by atoms with Crippen LogP contribution in [0.2, 0.25) is 0 Å². The van der Waals surface area contributed by atoms with Crippen LogP contribution < -0.4 is 0 Å². The van der Waals surface area contributed by atoms with E-state index in [1.807, 2.05) is 0 Å². The zero-order chi connectivity index (χ0) is 24.7. The topological polar surface area (TPSA) is 77.8 Å². The van der Waals surface area contributed by atoms with Crippen LogP contribution in [-0.4, -0.2) is 34.0 Å². The molecule has 0 radical (unpaired) electrons. The lowest BCUT2D eigenvalue weighted by molar-refractivity contribution is -0.161. The number of allylic oxidation sites excluding steroid dienone is 1. The summed E-state index contributed by atoms with van der Waals surface area (Å²) in [7, 11) is 0. The molecule has 34 heavy (non-hydrogen) atoms. The molecule has 3 N–H and O–H groups in total. The van der Waals surface area contributed by atoms with Crippen LogP contribution in [0.1, 0.15) is 105 Å². The Morgan fingerprint density at radius 2 is 1.62 bits per heavy atom. The van der Waals surface area contributed by atoms with Crippen molar-refractivity contribution in [3.8, 4) is 0 Å². The summed E-state index contributed by atoms with van der Waals surface area (Å²) in [5.41, 5.74) is 1.96. The lowest BCUT2D eigenvalue weighted by Crippen LogP contribution is -2.57. The van der Waals surface area contributed by atoms with Crippen LogP contribution in [0.4, 0.5) is 0 Å². The molecule has 0 amide bonds. The van der Waals surface area contributed by atoms with Crippen molar-refractivity contribution in [2.75, 3.05) is 6.61 Å². The number of hydrogen-bond acceptors (Lipinski definition) is 3. The number of carboxylic acid groups (broad SMARTS) is 1. The monoisotopic (exact) mass is 472 g/mol. The Labute approximate surface area is 206 Å². The van der Waals surface area contributed by atoms with E-state index in [0.717, 1.165) is 25.2 Å². The molecule has 192 valence electrons. The smallest absolute Gasteiger partial charge is 0.333 e. The summed E-state index contributed by atoms with van der Waals surface area (Å²) in [6.07, 6.45) is 15.0. The summed E-state index contributed by atoms with van der Waals surface area (Å²) in [4.78, 5) is 11.2. The predicted molar refractivity (Wildman–Crippen MR) is 134 cm³/mol. The minimum Gasteiger partial charge on any atom is -0.478 e. The largest absolute Gasteiger partial charge is 0.478 e. The normalized spacial score (nSPS) is 49.9. The Bertz CT molecular complexity index is 877. The average Bonchev–Trinajstić information content (AvgIpc) is 3.36. The van der Waals surface area contributed by atoms with Gasteiger partial charge in [0.15, 0.2) is 0 Å². The van der Waals surface area contributed by atoms with Gasteiger partial charge in [0.05, 0.1) is 18.3 Å². The summed E-state index contributed by atoms with van der Waals surface area (Å²) in [6.45, 7) is 11.9. The number of carbonyl (C=O) groups is 1. The Hall–Kier alpha value is -0.870. The van der Waals surface area contributed by atoms with Crippen molar-refractivity contribution in [1.29, 1.82) is 0 Å². The second-order valence-electron chi connectivity index (χ2n) is 14.3. The van der Waals surface area contributed by atoms with E-state index >= 15 is 0 Å². The lowest BCUT2D eigenvalue weighted by atomic mass is 9.41. The van der Waals surface area contributed by atoms with Gasteiger partial charge < -0.3 is 15.3 Å². The maximum atomic E-state index is 11.2. The molecule has 0 heterocycles. The van der Waals surface area contributed by atoms with E-state index in [1.54, 1.807) is 6.08 Å². The molecule has 0 bridgehead atoms. The molecule has 5 aliphatic carbocycles. The predicted octanol–water partition coefficient (Wildman–Crippen LogP) is 6.21. The Morgan fingerprint density at radius 1 is 0.941 bits per heavy atom.